The van der Waals surface area contributed by atoms with Gasteiger partial charge in [0, 0.05) is 0 Å². The molecule has 0 radical (unpaired) electrons. The Hall–Kier alpha value is -5.36. The van der Waals surface area contributed by atoms with Gasteiger partial charge in [0.05, 0.1) is 0 Å². The summed E-state index contributed by atoms with van der Waals surface area (Å²) < 4.78 is 43.4. The number of benzene rings is 7. The van der Waals surface area contributed by atoms with Crippen molar-refractivity contribution in [2.45, 2.75) is 0 Å². The van der Waals surface area contributed by atoms with E-state index in [-0.39, 0.29) is 60.8 Å². The van der Waals surface area contributed by atoms with Gasteiger partial charge >= 0.3 is 318 Å². The third-order valence-corrected chi connectivity index (χ3v) is 16.5. The molecule has 234 valence electrons. The van der Waals surface area contributed by atoms with E-state index in [1.54, 1.807) is 0 Å². The zero-order valence-corrected chi connectivity index (χ0v) is 30.8. The number of thiophene rings is 1. The molecule has 0 saturated carbocycles. The minimum absolute atomic E-state index is 0.00561. The van der Waals surface area contributed by atoms with Crippen molar-refractivity contribution in [2.24, 2.45) is 0 Å². The van der Waals surface area contributed by atoms with E-state index in [2.05, 4.69) is 71.3 Å². The van der Waals surface area contributed by atoms with Gasteiger partial charge in [0.25, 0.3) is 0 Å². The molecule has 11 rings (SSSR count). The van der Waals surface area contributed by atoms with Gasteiger partial charge < -0.3 is 0 Å². The van der Waals surface area contributed by atoms with Crippen LogP contribution >= 0.6 is 11.3 Å². The molecule has 0 unspecified atom stereocenters. The van der Waals surface area contributed by atoms with Crippen LogP contribution in [0, 0.1) is 22.7 Å². The van der Waals surface area contributed by atoms with Crippen molar-refractivity contribution < 1.29 is 5.48 Å². The van der Waals surface area contributed by atoms with Crippen LogP contribution in [0.15, 0.2) is 133 Å². The van der Waals surface area contributed by atoms with Crippen LogP contribution in [0.2, 0.25) is 0 Å². The van der Waals surface area contributed by atoms with Crippen LogP contribution in [0.3, 0.4) is 0 Å². The molecule has 0 fully saturated rings. The van der Waals surface area contributed by atoms with Crippen LogP contribution in [-0.4, -0.2) is 41.2 Å². The second kappa shape index (κ2) is 11.1. The average Bonchev–Trinajstić information content (AvgIpc) is 3.77. The van der Waals surface area contributed by atoms with E-state index in [0.29, 0.717) is 21.2 Å². The summed E-state index contributed by atoms with van der Waals surface area (Å²) in [5, 5.41) is 24.0. The van der Waals surface area contributed by atoms with Gasteiger partial charge in [0.1, 0.15) is 0 Å². The van der Waals surface area contributed by atoms with Gasteiger partial charge in [-0.1, -0.05) is 0 Å². The Kier molecular flexibility index (Phi) is 5.55. The molecular weight excluding hydrogens is 771 g/mol. The number of fused-ring (bicyclic) bond motifs is 11. The third kappa shape index (κ3) is 4.16. The van der Waals surface area contributed by atoms with E-state index in [4.69, 9.17) is 5.48 Å². The summed E-state index contributed by atoms with van der Waals surface area (Å²) in [5.41, 5.74) is 9.99. The molecule has 0 aliphatic carbocycles. The van der Waals surface area contributed by atoms with Crippen molar-refractivity contribution in [1.82, 2.24) is 4.57 Å². The van der Waals surface area contributed by atoms with Crippen molar-refractivity contribution >= 4 is 124 Å². The number of rotatable bonds is 2. The summed E-state index contributed by atoms with van der Waals surface area (Å²) in [6.45, 7) is -0.0570. The minimum atomic E-state index is -0.208. The first-order valence-corrected chi connectivity index (χ1v) is 20.7. The van der Waals surface area contributed by atoms with E-state index in [1.807, 2.05) is 54.6 Å². The molecular formula is C44H22BN3SSe2. The van der Waals surface area contributed by atoms with Crippen LogP contribution in [0.5, 0.6) is 0 Å². The van der Waals surface area contributed by atoms with E-state index in [1.165, 1.54) is 45.6 Å². The van der Waals surface area contributed by atoms with Crippen molar-refractivity contribution in [3.63, 3.8) is 0 Å². The Balaban J connectivity index is 1.24. The molecule has 2 aliphatic heterocycles. The Morgan fingerprint density at radius 1 is 0.647 bits per heavy atom. The molecule has 0 saturated heterocycles. The number of nitrogens with zero attached hydrogens (tertiary/aromatic N) is 3. The molecule has 51 heavy (non-hydrogen) atoms. The molecule has 0 atom stereocenters. The van der Waals surface area contributed by atoms with Gasteiger partial charge in [-0.05, 0) is 0 Å². The maximum absolute atomic E-state index is 10.2. The van der Waals surface area contributed by atoms with Crippen molar-refractivity contribution in [3.8, 4) is 29.0 Å². The van der Waals surface area contributed by atoms with E-state index in [9.17, 15) is 10.5 Å². The fourth-order valence-corrected chi connectivity index (χ4v) is 15.0. The van der Waals surface area contributed by atoms with Crippen molar-refractivity contribution in [1.29, 1.82) is 10.5 Å². The second-order valence-electron chi connectivity index (χ2n) is 12.7. The first-order valence-electron chi connectivity index (χ1n) is 18.4. The number of para-hydroxylation sites is 2. The maximum atomic E-state index is 10.2. The molecule has 2 aliphatic rings. The van der Waals surface area contributed by atoms with Crippen LogP contribution in [0.4, 0.5) is 0 Å². The summed E-state index contributed by atoms with van der Waals surface area (Å²) in [6, 6.07) is 42.0. The number of nitriles is 2. The predicted octanol–water partition coefficient (Wildman–Crippen LogP) is 5.01. The fraction of sp³-hybridized carbons (Fsp3) is 0. The van der Waals surface area contributed by atoms with E-state index in [0.717, 1.165) is 48.7 Å². The number of aromatic nitrogens is 1. The van der Waals surface area contributed by atoms with Gasteiger partial charge in [-0.2, -0.15) is 0 Å². The van der Waals surface area contributed by atoms with Crippen molar-refractivity contribution in [3.05, 3.63) is 144 Å². The molecule has 3 nitrogen and oxygen atoms in total. The first-order chi connectivity index (χ1) is 26.9. The Morgan fingerprint density at radius 2 is 1.41 bits per heavy atom. The second-order valence-corrected chi connectivity index (χ2v) is 18.2. The molecule has 9 aromatic rings. The van der Waals surface area contributed by atoms with E-state index >= 15 is 0 Å². The normalized spacial score (nSPS) is 14.0. The molecule has 0 spiro atoms. The fourth-order valence-electron chi connectivity index (χ4n) is 7.98. The Bertz CT molecular complexity index is 3320. The third-order valence-electron chi connectivity index (χ3n) is 10.1. The molecule has 0 N–H and O–H groups in total. The van der Waals surface area contributed by atoms with E-state index < -0.39 is 0 Å². The summed E-state index contributed by atoms with van der Waals surface area (Å²) in [5.74, 6) is 0. The molecule has 4 heterocycles. The molecule has 7 heteroatoms. The van der Waals surface area contributed by atoms with Gasteiger partial charge in [-0.3, -0.25) is 0 Å². The van der Waals surface area contributed by atoms with Gasteiger partial charge in [-0.15, -0.1) is 0 Å². The van der Waals surface area contributed by atoms with Crippen LogP contribution < -0.4 is 34.2 Å². The zero-order valence-electron chi connectivity index (χ0n) is 30.5. The van der Waals surface area contributed by atoms with Crippen LogP contribution in [-0.2, 0) is 0 Å². The van der Waals surface area contributed by atoms with Crippen molar-refractivity contribution in [2.75, 3.05) is 0 Å². The SMILES string of the molecule is [2H]c1c([2H])c([2H])c2c(sc3c4c(ccc32)B2c3cc5c6ccccc6n(-c6ccccc6C#N)c5cc3[Se]c3cc(-c5ccccc5C#N)cc(c32)[Se]4)c1[2H]. The standard InChI is InChI=1S/C44H22BN3SSe2/c46-23-25-9-1-3-11-28(25)27-19-40-42-41(20-27)51-44-33(18-17-31-30-13-5-8-16-38(30)49-43(31)44)45(42)34-21-32-29-12-4-7-15-36(29)48(37(32)22-39(34)50-40)35-14-6-2-10-26(35)24-47/h1-22H/i5D,8D,13D,16D. The number of hydrogen-bond acceptors (Lipinski definition) is 3. The first kappa shape index (κ1) is 25.6. The Morgan fingerprint density at radius 3 is 2.29 bits per heavy atom. The molecule has 0 amide bonds. The predicted molar refractivity (Wildman–Crippen MR) is 216 cm³/mol. The summed E-state index contributed by atoms with van der Waals surface area (Å²) in [7, 11) is 0. The summed E-state index contributed by atoms with van der Waals surface area (Å²) in [4.78, 5) is 0. The molecule has 7 aromatic carbocycles. The quantitative estimate of drug-likeness (QED) is 0.231. The Labute approximate surface area is 316 Å². The van der Waals surface area contributed by atoms with Gasteiger partial charge in [-0.25, -0.2) is 0 Å². The topological polar surface area (TPSA) is 52.5 Å². The summed E-state index contributed by atoms with van der Waals surface area (Å²) in [6.07, 6.45) is 0. The monoisotopic (exact) mass is 799 g/mol. The van der Waals surface area contributed by atoms with Gasteiger partial charge in [0.15, 0.2) is 0 Å². The molecule has 0 bridgehead atoms. The van der Waals surface area contributed by atoms with Crippen LogP contribution in [0.1, 0.15) is 16.6 Å². The summed E-state index contributed by atoms with van der Waals surface area (Å²) >= 11 is 1.28. The van der Waals surface area contributed by atoms with Gasteiger partial charge in [0.2, 0.25) is 0 Å². The molecule has 2 aromatic heterocycles. The number of hydrogen-bond donors (Lipinski definition) is 0. The average molecular weight is 798 g/mol. The van der Waals surface area contributed by atoms with Crippen LogP contribution in [0.25, 0.3) is 58.8 Å². The zero-order chi connectivity index (χ0) is 37.3.